The third-order valence-electron chi connectivity index (χ3n) is 5.24. The van der Waals surface area contributed by atoms with Gasteiger partial charge in [-0.05, 0) is 50.0 Å². The van der Waals surface area contributed by atoms with Crippen LogP contribution in [0.15, 0.2) is 4.79 Å². The average molecular weight is 323 g/mol. The Kier molecular flexibility index (Phi) is 3.16. The lowest BCUT2D eigenvalue weighted by atomic mass is 9.73. The van der Waals surface area contributed by atoms with Crippen molar-refractivity contribution >= 4 is 33.2 Å². The van der Waals surface area contributed by atoms with Gasteiger partial charge in [-0.3, -0.25) is 4.79 Å². The van der Waals surface area contributed by atoms with Crippen molar-refractivity contribution in [3.8, 4) is 0 Å². The van der Waals surface area contributed by atoms with Crippen LogP contribution in [0.1, 0.15) is 60.7 Å². The molecule has 1 spiro atoms. The minimum Gasteiger partial charge on any atom is -0.309 e. The molecule has 112 valence electrons. The molecule has 0 saturated heterocycles. The first kappa shape index (κ1) is 13.8. The van der Waals surface area contributed by atoms with Gasteiger partial charge in [-0.2, -0.15) is 0 Å². The summed E-state index contributed by atoms with van der Waals surface area (Å²) in [5.41, 5.74) is 1.76. The maximum atomic E-state index is 12.4. The standard InChI is InChI=1S/C16H19ClN2OS/c1-9(17)13-18-14(20)12-10-4-7-16(5-2-3-6-16)8-11(10)21-15(12)19-13/h9H,2-8H2,1H3,(H,18,19,20). The third kappa shape index (κ3) is 2.15. The van der Waals surface area contributed by atoms with Gasteiger partial charge in [0.05, 0.1) is 10.8 Å². The number of H-pyrrole nitrogens is 1. The van der Waals surface area contributed by atoms with Crippen molar-refractivity contribution in [3.05, 3.63) is 26.6 Å². The van der Waals surface area contributed by atoms with Gasteiger partial charge in [0.15, 0.2) is 0 Å². The lowest BCUT2D eigenvalue weighted by molar-refractivity contribution is 0.258. The van der Waals surface area contributed by atoms with Crippen LogP contribution < -0.4 is 5.56 Å². The van der Waals surface area contributed by atoms with Crippen LogP contribution in [0.3, 0.4) is 0 Å². The second-order valence-electron chi connectivity index (χ2n) is 6.63. The Balaban J connectivity index is 1.85. The molecule has 2 heterocycles. The number of fused-ring (bicyclic) bond motifs is 3. The first-order valence-electron chi connectivity index (χ1n) is 7.77. The van der Waals surface area contributed by atoms with E-state index in [1.54, 1.807) is 11.3 Å². The first-order chi connectivity index (χ1) is 10.1. The summed E-state index contributed by atoms with van der Waals surface area (Å²) < 4.78 is 0. The second kappa shape index (κ2) is 4.82. The molecule has 1 atom stereocenters. The fraction of sp³-hybridized carbons (Fsp3) is 0.625. The Morgan fingerprint density at radius 3 is 2.81 bits per heavy atom. The number of aromatic nitrogens is 2. The summed E-state index contributed by atoms with van der Waals surface area (Å²) >= 11 is 7.79. The minimum absolute atomic E-state index is 0.0117. The number of nitrogens with zero attached hydrogens (tertiary/aromatic N) is 1. The molecule has 2 aromatic heterocycles. The van der Waals surface area contributed by atoms with Crippen LogP contribution in [-0.4, -0.2) is 9.97 Å². The molecule has 2 aromatic rings. The quantitative estimate of drug-likeness (QED) is 0.794. The van der Waals surface area contributed by atoms with Crippen LogP contribution in [0.25, 0.3) is 10.2 Å². The van der Waals surface area contributed by atoms with E-state index in [1.807, 2.05) is 6.92 Å². The maximum absolute atomic E-state index is 12.4. The average Bonchev–Trinajstić information content (AvgIpc) is 3.03. The molecule has 1 fully saturated rings. The number of hydrogen-bond acceptors (Lipinski definition) is 3. The molecule has 21 heavy (non-hydrogen) atoms. The van der Waals surface area contributed by atoms with Crippen LogP contribution >= 0.6 is 22.9 Å². The molecule has 5 heteroatoms. The summed E-state index contributed by atoms with van der Waals surface area (Å²) in [6, 6.07) is 0. The van der Waals surface area contributed by atoms with E-state index in [2.05, 4.69) is 9.97 Å². The van der Waals surface area contributed by atoms with Gasteiger partial charge in [0.25, 0.3) is 5.56 Å². The molecule has 0 radical (unpaired) electrons. The molecule has 0 aliphatic heterocycles. The summed E-state index contributed by atoms with van der Waals surface area (Å²) in [7, 11) is 0. The molecule has 2 aliphatic carbocycles. The van der Waals surface area contributed by atoms with Crippen molar-refractivity contribution in [1.82, 2.24) is 9.97 Å². The van der Waals surface area contributed by atoms with Crippen molar-refractivity contribution in [3.63, 3.8) is 0 Å². The van der Waals surface area contributed by atoms with Crippen molar-refractivity contribution in [2.45, 2.75) is 57.2 Å². The fourth-order valence-electron chi connectivity index (χ4n) is 4.09. The Morgan fingerprint density at radius 1 is 1.33 bits per heavy atom. The summed E-state index contributed by atoms with van der Waals surface area (Å²) in [4.78, 5) is 22.1. The number of halogens is 1. The highest BCUT2D eigenvalue weighted by atomic mass is 35.5. The van der Waals surface area contributed by atoms with E-state index in [4.69, 9.17) is 11.6 Å². The lowest BCUT2D eigenvalue weighted by Gasteiger charge is -2.33. The van der Waals surface area contributed by atoms with Crippen LogP contribution in [0.2, 0.25) is 0 Å². The van der Waals surface area contributed by atoms with E-state index >= 15 is 0 Å². The molecule has 4 rings (SSSR count). The Hall–Kier alpha value is -0.870. The van der Waals surface area contributed by atoms with Crippen LogP contribution in [-0.2, 0) is 12.8 Å². The number of rotatable bonds is 1. The van der Waals surface area contributed by atoms with Gasteiger partial charge in [0.1, 0.15) is 10.7 Å². The summed E-state index contributed by atoms with van der Waals surface area (Å²) in [6.45, 7) is 1.84. The molecule has 0 bridgehead atoms. The van der Waals surface area contributed by atoms with Crippen LogP contribution in [0.4, 0.5) is 0 Å². The Labute approximate surface area is 132 Å². The lowest BCUT2D eigenvalue weighted by Crippen LogP contribution is -2.25. The minimum atomic E-state index is -0.262. The van der Waals surface area contributed by atoms with Gasteiger partial charge in [-0.1, -0.05) is 12.8 Å². The highest BCUT2D eigenvalue weighted by Crippen LogP contribution is 2.50. The SMILES string of the molecule is CC(Cl)c1nc2sc3c(c2c(=O)[nH]1)CCC1(CCCC1)C3. The molecule has 1 saturated carbocycles. The summed E-state index contributed by atoms with van der Waals surface area (Å²) in [5.74, 6) is 0.586. The molecule has 0 amide bonds. The predicted octanol–water partition coefficient (Wildman–Crippen LogP) is 4.33. The smallest absolute Gasteiger partial charge is 0.259 e. The molecule has 3 nitrogen and oxygen atoms in total. The van der Waals surface area contributed by atoms with E-state index in [0.29, 0.717) is 11.2 Å². The van der Waals surface area contributed by atoms with Crippen LogP contribution in [0.5, 0.6) is 0 Å². The normalized spacial score (nSPS) is 21.8. The fourth-order valence-corrected chi connectivity index (χ4v) is 5.60. The summed E-state index contributed by atoms with van der Waals surface area (Å²) in [5, 5.41) is 0.561. The van der Waals surface area contributed by atoms with Crippen molar-refractivity contribution < 1.29 is 0 Å². The van der Waals surface area contributed by atoms with E-state index in [1.165, 1.54) is 42.5 Å². The van der Waals surface area contributed by atoms with E-state index in [9.17, 15) is 4.79 Å². The number of hydrogen-bond donors (Lipinski definition) is 1. The summed E-state index contributed by atoms with van der Waals surface area (Å²) in [6.07, 6.45) is 8.87. The zero-order valence-electron chi connectivity index (χ0n) is 12.2. The van der Waals surface area contributed by atoms with Gasteiger partial charge >= 0.3 is 0 Å². The zero-order valence-corrected chi connectivity index (χ0v) is 13.7. The Morgan fingerprint density at radius 2 is 2.10 bits per heavy atom. The van der Waals surface area contributed by atoms with Gasteiger partial charge in [0.2, 0.25) is 0 Å². The molecular formula is C16H19ClN2OS. The van der Waals surface area contributed by atoms with Gasteiger partial charge in [-0.25, -0.2) is 4.98 Å². The van der Waals surface area contributed by atoms with Gasteiger partial charge < -0.3 is 4.98 Å². The highest BCUT2D eigenvalue weighted by molar-refractivity contribution is 7.18. The molecular weight excluding hydrogens is 304 g/mol. The number of nitrogens with one attached hydrogen (secondary N) is 1. The van der Waals surface area contributed by atoms with Gasteiger partial charge in [-0.15, -0.1) is 22.9 Å². The predicted molar refractivity (Wildman–Crippen MR) is 87.4 cm³/mol. The molecule has 0 aromatic carbocycles. The highest BCUT2D eigenvalue weighted by Gasteiger charge is 2.38. The molecule has 2 aliphatic rings. The topological polar surface area (TPSA) is 45.8 Å². The maximum Gasteiger partial charge on any atom is 0.259 e. The van der Waals surface area contributed by atoms with Crippen molar-refractivity contribution in [1.29, 1.82) is 0 Å². The van der Waals surface area contributed by atoms with Crippen molar-refractivity contribution in [2.75, 3.05) is 0 Å². The van der Waals surface area contributed by atoms with E-state index < -0.39 is 0 Å². The second-order valence-corrected chi connectivity index (χ2v) is 8.37. The monoisotopic (exact) mass is 322 g/mol. The molecule has 1 unspecified atom stereocenters. The van der Waals surface area contributed by atoms with E-state index in [0.717, 1.165) is 23.1 Å². The Bertz CT molecular complexity index is 755. The molecule has 1 N–H and O–H groups in total. The van der Waals surface area contributed by atoms with Gasteiger partial charge in [0, 0.05) is 4.88 Å². The number of aromatic amines is 1. The number of aryl methyl sites for hydroxylation is 1. The van der Waals surface area contributed by atoms with Crippen molar-refractivity contribution in [2.24, 2.45) is 5.41 Å². The van der Waals surface area contributed by atoms with Crippen LogP contribution in [0, 0.1) is 5.41 Å². The largest absolute Gasteiger partial charge is 0.309 e. The zero-order chi connectivity index (χ0) is 14.6. The van der Waals surface area contributed by atoms with E-state index in [-0.39, 0.29) is 10.9 Å². The first-order valence-corrected chi connectivity index (χ1v) is 9.02. The third-order valence-corrected chi connectivity index (χ3v) is 6.58. The number of thiophene rings is 1. The number of alkyl halides is 1.